The summed E-state index contributed by atoms with van der Waals surface area (Å²) in [7, 11) is 1.97. The number of aromatic nitrogens is 3. The van der Waals surface area contributed by atoms with Crippen LogP contribution in [0, 0.1) is 13.8 Å². The van der Waals surface area contributed by atoms with Gasteiger partial charge in [-0.3, -0.25) is 4.90 Å². The second-order valence-corrected chi connectivity index (χ2v) is 7.11. The van der Waals surface area contributed by atoms with E-state index in [-0.39, 0.29) is 24.0 Å². The number of ether oxygens (including phenoxy) is 1. The molecule has 3 rings (SSSR count). The Morgan fingerprint density at radius 1 is 1.17 bits per heavy atom. The number of nitrogens with zero attached hydrogens (tertiary/aromatic N) is 5. The summed E-state index contributed by atoms with van der Waals surface area (Å²) < 4.78 is 7.40. The van der Waals surface area contributed by atoms with Gasteiger partial charge in [0.15, 0.2) is 11.8 Å². The summed E-state index contributed by atoms with van der Waals surface area (Å²) in [6.07, 6.45) is 0. The maximum Gasteiger partial charge on any atom is 0.192 e. The lowest BCUT2D eigenvalue weighted by Crippen LogP contribution is -2.44. The maximum atomic E-state index is 5.41. The molecule has 9 heteroatoms. The van der Waals surface area contributed by atoms with Crippen LogP contribution in [-0.2, 0) is 24.9 Å². The highest BCUT2D eigenvalue weighted by atomic mass is 127. The maximum absolute atomic E-state index is 5.41. The van der Waals surface area contributed by atoms with Crippen LogP contribution in [0.4, 0.5) is 0 Å². The Labute approximate surface area is 190 Å². The fourth-order valence-corrected chi connectivity index (χ4v) is 3.08. The van der Waals surface area contributed by atoms with Crippen LogP contribution in [0.5, 0.6) is 0 Å². The molecule has 0 aliphatic carbocycles. The quantitative estimate of drug-likeness (QED) is 0.333. The van der Waals surface area contributed by atoms with Crippen molar-refractivity contribution in [3.05, 3.63) is 47.0 Å². The van der Waals surface area contributed by atoms with Crippen molar-refractivity contribution in [3.8, 4) is 0 Å². The van der Waals surface area contributed by atoms with Crippen LogP contribution in [0.3, 0.4) is 0 Å². The standard InChI is InChI=1S/C20H31N7O.HI/c1-16-5-4-6-18(13-16)14-22-20(21-7-8-27-9-11-28-12-10-27)23-15-19-25-24-17(2)26(19)3;/h4-6,13H,7-12,14-15H2,1-3H3,(H2,21,22,23);1H. The molecule has 0 amide bonds. The van der Waals surface area contributed by atoms with E-state index >= 15 is 0 Å². The smallest absolute Gasteiger partial charge is 0.192 e. The van der Waals surface area contributed by atoms with E-state index in [1.54, 1.807) is 0 Å². The third kappa shape index (κ3) is 7.56. The van der Waals surface area contributed by atoms with E-state index in [1.165, 1.54) is 11.1 Å². The number of hydrogen-bond acceptors (Lipinski definition) is 5. The largest absolute Gasteiger partial charge is 0.379 e. The monoisotopic (exact) mass is 513 g/mol. The van der Waals surface area contributed by atoms with Crippen molar-refractivity contribution in [3.63, 3.8) is 0 Å². The topological polar surface area (TPSA) is 79.6 Å². The van der Waals surface area contributed by atoms with E-state index in [0.717, 1.165) is 57.0 Å². The molecule has 8 nitrogen and oxygen atoms in total. The fourth-order valence-electron chi connectivity index (χ4n) is 3.08. The van der Waals surface area contributed by atoms with Crippen molar-refractivity contribution < 1.29 is 4.74 Å². The normalized spacial score (nSPS) is 15.1. The first-order chi connectivity index (χ1) is 13.6. The highest BCUT2D eigenvalue weighted by molar-refractivity contribution is 14.0. The van der Waals surface area contributed by atoms with Gasteiger partial charge in [0, 0.05) is 33.2 Å². The average molecular weight is 513 g/mol. The molecule has 0 unspecified atom stereocenters. The lowest BCUT2D eigenvalue weighted by molar-refractivity contribution is 0.0389. The van der Waals surface area contributed by atoms with E-state index in [1.807, 2.05) is 18.5 Å². The van der Waals surface area contributed by atoms with Crippen molar-refractivity contribution in [1.82, 2.24) is 30.3 Å². The van der Waals surface area contributed by atoms with Gasteiger partial charge in [0.1, 0.15) is 5.82 Å². The molecule has 1 fully saturated rings. The minimum atomic E-state index is 0. The molecular weight excluding hydrogens is 481 g/mol. The average Bonchev–Trinajstić information content (AvgIpc) is 3.02. The van der Waals surface area contributed by atoms with Crippen LogP contribution in [0.15, 0.2) is 29.3 Å². The predicted octanol–water partition coefficient (Wildman–Crippen LogP) is 1.62. The molecule has 29 heavy (non-hydrogen) atoms. The number of halogens is 1. The summed E-state index contributed by atoms with van der Waals surface area (Å²) >= 11 is 0. The first-order valence-electron chi connectivity index (χ1n) is 9.84. The summed E-state index contributed by atoms with van der Waals surface area (Å²) in [5.41, 5.74) is 2.45. The third-order valence-corrected chi connectivity index (χ3v) is 4.92. The molecule has 2 heterocycles. The Morgan fingerprint density at radius 2 is 1.97 bits per heavy atom. The second-order valence-electron chi connectivity index (χ2n) is 7.11. The van der Waals surface area contributed by atoms with Gasteiger partial charge in [0.25, 0.3) is 0 Å². The number of aryl methyl sites for hydroxylation is 2. The lowest BCUT2D eigenvalue weighted by atomic mass is 10.1. The summed E-state index contributed by atoms with van der Waals surface area (Å²) in [5, 5.41) is 15.2. The summed E-state index contributed by atoms with van der Waals surface area (Å²) in [5.74, 6) is 2.57. The van der Waals surface area contributed by atoms with Crippen LogP contribution in [0.2, 0.25) is 0 Å². The van der Waals surface area contributed by atoms with Gasteiger partial charge in [-0.1, -0.05) is 29.8 Å². The van der Waals surface area contributed by atoms with Crippen molar-refractivity contribution in [2.45, 2.75) is 26.9 Å². The van der Waals surface area contributed by atoms with Crippen LogP contribution >= 0.6 is 24.0 Å². The SMILES string of the molecule is Cc1cccc(CN=C(NCCN2CCOCC2)NCc2nnc(C)n2C)c1.I. The van der Waals surface area contributed by atoms with Gasteiger partial charge in [-0.15, -0.1) is 34.2 Å². The van der Waals surface area contributed by atoms with E-state index in [2.05, 4.69) is 56.9 Å². The van der Waals surface area contributed by atoms with Crippen LogP contribution < -0.4 is 10.6 Å². The molecule has 1 aliphatic rings. The molecule has 2 aromatic rings. The minimum Gasteiger partial charge on any atom is -0.379 e. The minimum absolute atomic E-state index is 0. The molecule has 1 aromatic carbocycles. The molecule has 1 saturated heterocycles. The molecule has 0 bridgehead atoms. The molecular formula is C20H32IN7O. The molecule has 0 saturated carbocycles. The van der Waals surface area contributed by atoms with Crippen molar-refractivity contribution in [1.29, 1.82) is 0 Å². The molecule has 1 aliphatic heterocycles. The molecule has 0 atom stereocenters. The van der Waals surface area contributed by atoms with E-state index in [0.29, 0.717) is 13.1 Å². The highest BCUT2D eigenvalue weighted by Gasteiger charge is 2.10. The first-order valence-corrected chi connectivity index (χ1v) is 9.84. The van der Waals surface area contributed by atoms with Crippen molar-refractivity contribution in [2.24, 2.45) is 12.0 Å². The van der Waals surface area contributed by atoms with Gasteiger partial charge in [0.05, 0.1) is 26.3 Å². The summed E-state index contributed by atoms with van der Waals surface area (Å²) in [6.45, 7) is 10.7. The van der Waals surface area contributed by atoms with Crippen molar-refractivity contribution >= 4 is 29.9 Å². The zero-order chi connectivity index (χ0) is 19.8. The van der Waals surface area contributed by atoms with Gasteiger partial charge in [-0.2, -0.15) is 0 Å². The van der Waals surface area contributed by atoms with E-state index in [9.17, 15) is 0 Å². The second kappa shape index (κ2) is 12.1. The fraction of sp³-hybridized carbons (Fsp3) is 0.550. The van der Waals surface area contributed by atoms with Gasteiger partial charge in [-0.25, -0.2) is 4.99 Å². The molecule has 0 radical (unpaired) electrons. The van der Waals surface area contributed by atoms with Gasteiger partial charge < -0.3 is 19.9 Å². The lowest BCUT2D eigenvalue weighted by Gasteiger charge is -2.26. The van der Waals surface area contributed by atoms with Crippen LogP contribution in [0.1, 0.15) is 22.8 Å². The Kier molecular flexibility index (Phi) is 9.82. The van der Waals surface area contributed by atoms with Gasteiger partial charge >= 0.3 is 0 Å². The Balaban J connectivity index is 0.00000300. The predicted molar refractivity (Wildman–Crippen MR) is 126 cm³/mol. The Bertz CT molecular complexity index is 787. The zero-order valence-electron chi connectivity index (χ0n) is 17.5. The number of benzene rings is 1. The van der Waals surface area contributed by atoms with E-state index < -0.39 is 0 Å². The first kappa shape index (κ1) is 23.6. The summed E-state index contributed by atoms with van der Waals surface area (Å²) in [4.78, 5) is 7.17. The third-order valence-electron chi connectivity index (χ3n) is 4.92. The van der Waals surface area contributed by atoms with Gasteiger partial charge in [-0.05, 0) is 19.4 Å². The number of hydrogen-bond donors (Lipinski definition) is 2. The van der Waals surface area contributed by atoms with E-state index in [4.69, 9.17) is 9.73 Å². The number of rotatable bonds is 7. The van der Waals surface area contributed by atoms with Crippen LogP contribution in [-0.4, -0.2) is 65.0 Å². The Morgan fingerprint density at radius 3 is 2.66 bits per heavy atom. The number of guanidine groups is 1. The van der Waals surface area contributed by atoms with Crippen molar-refractivity contribution in [2.75, 3.05) is 39.4 Å². The molecule has 0 spiro atoms. The van der Waals surface area contributed by atoms with Crippen LogP contribution in [0.25, 0.3) is 0 Å². The van der Waals surface area contributed by atoms with Gasteiger partial charge in [0.2, 0.25) is 0 Å². The number of morpholine rings is 1. The Hall–Kier alpha value is -1.72. The zero-order valence-corrected chi connectivity index (χ0v) is 19.8. The number of nitrogens with one attached hydrogen (secondary N) is 2. The molecule has 160 valence electrons. The molecule has 2 N–H and O–H groups in total. The summed E-state index contributed by atoms with van der Waals surface area (Å²) in [6, 6.07) is 8.44. The highest BCUT2D eigenvalue weighted by Crippen LogP contribution is 2.05. The molecule has 1 aromatic heterocycles. The number of aliphatic imine (C=N–C) groups is 1.